The molecule has 0 aliphatic carbocycles. The fourth-order valence-corrected chi connectivity index (χ4v) is 3.69. The van der Waals surface area contributed by atoms with Gasteiger partial charge in [-0.15, -0.1) is 0 Å². The average Bonchev–Trinajstić information content (AvgIpc) is 2.82. The molecule has 0 radical (unpaired) electrons. The van der Waals surface area contributed by atoms with Crippen LogP contribution in [0.4, 0.5) is 5.69 Å². The number of benzene rings is 3. The minimum Gasteiger partial charge on any atom is -0.497 e. The summed E-state index contributed by atoms with van der Waals surface area (Å²) in [6.45, 7) is 0.398. The van der Waals surface area contributed by atoms with E-state index >= 15 is 0 Å². The quantitative estimate of drug-likeness (QED) is 0.234. The molecule has 0 saturated carbocycles. The van der Waals surface area contributed by atoms with Crippen LogP contribution in [0.2, 0.25) is 0 Å². The van der Waals surface area contributed by atoms with Gasteiger partial charge in [0.25, 0.3) is 5.91 Å². The van der Waals surface area contributed by atoms with Gasteiger partial charge in [-0.1, -0.05) is 36.4 Å². The number of nitrogens with zero attached hydrogens (tertiary/aromatic N) is 1. The molecule has 1 N–H and O–H groups in total. The SMILES string of the molecule is COc1cccc(NC(=O)/C(C#N)=C/c2cc(I)c(OCc3ccccc3)c(OC)c2)c1. The monoisotopic (exact) mass is 540 g/mol. The van der Waals surface area contributed by atoms with Crippen LogP contribution in [0.15, 0.2) is 72.3 Å². The summed E-state index contributed by atoms with van der Waals surface area (Å²) >= 11 is 2.15. The van der Waals surface area contributed by atoms with Gasteiger partial charge in [-0.3, -0.25) is 4.79 Å². The second-order valence-corrected chi connectivity index (χ2v) is 7.83. The molecule has 0 aliphatic rings. The Bertz CT molecular complexity index is 1170. The molecule has 3 aromatic rings. The number of hydrogen-bond acceptors (Lipinski definition) is 5. The largest absolute Gasteiger partial charge is 0.497 e. The van der Waals surface area contributed by atoms with Gasteiger partial charge in [-0.25, -0.2) is 0 Å². The lowest BCUT2D eigenvalue weighted by atomic mass is 10.1. The van der Waals surface area contributed by atoms with Crippen molar-refractivity contribution in [2.24, 2.45) is 0 Å². The Kier molecular flexibility index (Phi) is 8.11. The molecule has 32 heavy (non-hydrogen) atoms. The molecular weight excluding hydrogens is 519 g/mol. The van der Waals surface area contributed by atoms with Gasteiger partial charge >= 0.3 is 0 Å². The van der Waals surface area contributed by atoms with Gasteiger partial charge in [0.15, 0.2) is 11.5 Å². The molecule has 0 heterocycles. The lowest BCUT2D eigenvalue weighted by Gasteiger charge is -2.14. The Morgan fingerprint density at radius 1 is 1.06 bits per heavy atom. The van der Waals surface area contributed by atoms with Gasteiger partial charge in [0.05, 0.1) is 17.8 Å². The number of ether oxygens (including phenoxy) is 3. The number of halogens is 1. The van der Waals surface area contributed by atoms with Crippen molar-refractivity contribution in [1.29, 1.82) is 5.26 Å². The van der Waals surface area contributed by atoms with E-state index in [9.17, 15) is 10.1 Å². The van der Waals surface area contributed by atoms with Crippen LogP contribution in [-0.2, 0) is 11.4 Å². The molecular formula is C25H21IN2O4. The first-order valence-electron chi connectivity index (χ1n) is 9.65. The molecule has 0 aromatic heterocycles. The summed E-state index contributed by atoms with van der Waals surface area (Å²) in [5, 5.41) is 12.2. The minimum atomic E-state index is -0.515. The van der Waals surface area contributed by atoms with E-state index in [1.807, 2.05) is 42.5 Å². The van der Waals surface area contributed by atoms with Crippen LogP contribution in [-0.4, -0.2) is 20.1 Å². The number of carbonyl (C=O) groups excluding carboxylic acids is 1. The maximum Gasteiger partial charge on any atom is 0.266 e. The molecule has 3 rings (SSSR count). The fraction of sp³-hybridized carbons (Fsp3) is 0.120. The van der Waals surface area contributed by atoms with Crippen molar-refractivity contribution in [3.63, 3.8) is 0 Å². The van der Waals surface area contributed by atoms with Crippen molar-refractivity contribution in [2.45, 2.75) is 6.61 Å². The van der Waals surface area contributed by atoms with Gasteiger partial charge in [-0.05, 0) is 64.1 Å². The highest BCUT2D eigenvalue weighted by Gasteiger charge is 2.14. The third-order valence-electron chi connectivity index (χ3n) is 4.48. The van der Waals surface area contributed by atoms with Gasteiger partial charge < -0.3 is 19.5 Å². The van der Waals surface area contributed by atoms with Crippen LogP contribution in [0.3, 0.4) is 0 Å². The van der Waals surface area contributed by atoms with E-state index in [1.165, 1.54) is 6.08 Å². The molecule has 0 aliphatic heterocycles. The van der Waals surface area contributed by atoms with Crippen LogP contribution in [0, 0.1) is 14.9 Å². The van der Waals surface area contributed by atoms with Gasteiger partial charge in [0.1, 0.15) is 24.0 Å². The molecule has 0 saturated heterocycles. The fourth-order valence-electron chi connectivity index (χ4n) is 2.91. The van der Waals surface area contributed by atoms with Crippen LogP contribution < -0.4 is 19.5 Å². The van der Waals surface area contributed by atoms with E-state index in [2.05, 4.69) is 27.9 Å². The second-order valence-electron chi connectivity index (χ2n) is 6.66. The van der Waals surface area contributed by atoms with Crippen molar-refractivity contribution in [3.05, 3.63) is 87.0 Å². The number of hydrogen-bond donors (Lipinski definition) is 1. The van der Waals surface area contributed by atoms with Crippen LogP contribution in [0.1, 0.15) is 11.1 Å². The van der Waals surface area contributed by atoms with Crippen molar-refractivity contribution in [1.82, 2.24) is 0 Å². The zero-order chi connectivity index (χ0) is 22.9. The number of carbonyl (C=O) groups is 1. The van der Waals surface area contributed by atoms with Crippen LogP contribution in [0.25, 0.3) is 6.08 Å². The summed E-state index contributed by atoms with van der Waals surface area (Å²) in [5.74, 6) is 1.22. The Balaban J connectivity index is 1.81. The molecule has 162 valence electrons. The molecule has 6 nitrogen and oxygen atoms in total. The smallest absolute Gasteiger partial charge is 0.266 e. The lowest BCUT2D eigenvalue weighted by Crippen LogP contribution is -2.13. The molecule has 1 amide bonds. The number of rotatable bonds is 8. The number of nitriles is 1. The van der Waals surface area contributed by atoms with E-state index < -0.39 is 5.91 Å². The van der Waals surface area contributed by atoms with Crippen LogP contribution in [0.5, 0.6) is 17.2 Å². The Hall–Kier alpha value is -3.51. The summed E-state index contributed by atoms with van der Waals surface area (Å²) in [6, 6.07) is 22.3. The highest BCUT2D eigenvalue weighted by Crippen LogP contribution is 2.35. The second kappa shape index (κ2) is 11.2. The average molecular weight is 540 g/mol. The van der Waals surface area contributed by atoms with Crippen molar-refractivity contribution >= 4 is 40.3 Å². The first kappa shape index (κ1) is 23.2. The van der Waals surface area contributed by atoms with Crippen molar-refractivity contribution < 1.29 is 19.0 Å². The van der Waals surface area contributed by atoms with Crippen molar-refractivity contribution in [3.8, 4) is 23.3 Å². The third-order valence-corrected chi connectivity index (χ3v) is 5.28. The summed E-state index contributed by atoms with van der Waals surface area (Å²) in [5.41, 5.74) is 2.18. The third kappa shape index (κ3) is 6.02. The highest BCUT2D eigenvalue weighted by atomic mass is 127. The molecule has 0 atom stereocenters. The first-order chi connectivity index (χ1) is 15.5. The van der Waals surface area contributed by atoms with Gasteiger partial charge in [0, 0.05) is 11.8 Å². The first-order valence-corrected chi connectivity index (χ1v) is 10.7. The molecule has 7 heteroatoms. The van der Waals surface area contributed by atoms with Gasteiger partial charge in [0.2, 0.25) is 0 Å². The zero-order valence-electron chi connectivity index (χ0n) is 17.6. The predicted molar refractivity (Wildman–Crippen MR) is 132 cm³/mol. The normalized spacial score (nSPS) is 10.8. The minimum absolute atomic E-state index is 0.0383. The molecule has 3 aromatic carbocycles. The van der Waals surface area contributed by atoms with E-state index in [4.69, 9.17) is 14.2 Å². The van der Waals surface area contributed by atoms with E-state index in [-0.39, 0.29) is 5.57 Å². The van der Waals surface area contributed by atoms with E-state index in [0.29, 0.717) is 35.1 Å². The highest BCUT2D eigenvalue weighted by molar-refractivity contribution is 14.1. The lowest BCUT2D eigenvalue weighted by molar-refractivity contribution is -0.112. The number of nitrogens with one attached hydrogen (secondary N) is 1. The van der Waals surface area contributed by atoms with Crippen LogP contribution >= 0.6 is 22.6 Å². The molecule has 0 fully saturated rings. The number of anilines is 1. The summed E-state index contributed by atoms with van der Waals surface area (Å²) in [4.78, 5) is 12.6. The Morgan fingerprint density at radius 2 is 1.84 bits per heavy atom. The maximum atomic E-state index is 12.6. The standard InChI is InChI=1S/C25H21IN2O4/c1-30-21-10-6-9-20(14-21)28-25(29)19(15-27)11-18-12-22(26)24(23(13-18)31-2)32-16-17-7-4-3-5-8-17/h3-14H,16H2,1-2H3,(H,28,29)/b19-11+. The Labute approximate surface area is 200 Å². The topological polar surface area (TPSA) is 80.6 Å². The Morgan fingerprint density at radius 3 is 2.53 bits per heavy atom. The van der Waals surface area contributed by atoms with E-state index in [1.54, 1.807) is 44.6 Å². The molecule has 0 spiro atoms. The zero-order valence-corrected chi connectivity index (χ0v) is 19.8. The van der Waals surface area contributed by atoms with E-state index in [0.717, 1.165) is 9.13 Å². The maximum absolute atomic E-state index is 12.6. The van der Waals surface area contributed by atoms with Gasteiger partial charge in [-0.2, -0.15) is 5.26 Å². The number of amides is 1. The molecule has 0 bridgehead atoms. The van der Waals surface area contributed by atoms with Crippen molar-refractivity contribution in [2.75, 3.05) is 19.5 Å². The number of methoxy groups -OCH3 is 2. The summed E-state index contributed by atoms with van der Waals surface area (Å²) < 4.78 is 17.4. The predicted octanol–water partition coefficient (Wildman–Crippen LogP) is 5.43. The summed E-state index contributed by atoms with van der Waals surface area (Å²) in [6.07, 6.45) is 1.52. The summed E-state index contributed by atoms with van der Waals surface area (Å²) in [7, 11) is 3.10. The molecule has 0 unspecified atom stereocenters.